The molecule has 1 heterocycles. The average molecular weight is 346 g/mol. The van der Waals surface area contributed by atoms with E-state index in [2.05, 4.69) is 5.32 Å². The highest BCUT2D eigenvalue weighted by atomic mass is 19.4. The minimum absolute atomic E-state index is 0.0458. The number of carbonyl (C=O) groups excluding carboxylic acids is 1. The van der Waals surface area contributed by atoms with E-state index in [1.165, 1.54) is 12.1 Å². The first-order chi connectivity index (χ1) is 11.3. The maximum Gasteiger partial charge on any atom is 0.420 e. The molecule has 0 aromatic heterocycles. The molecule has 1 aliphatic rings. The molecule has 1 aromatic carbocycles. The Hall–Kier alpha value is -1.96. The van der Waals surface area contributed by atoms with Crippen LogP contribution in [0.3, 0.4) is 0 Å². The topological polar surface area (TPSA) is 50.8 Å². The summed E-state index contributed by atoms with van der Waals surface area (Å²) in [6.45, 7) is 2.71. The molecule has 2 rings (SSSR count). The summed E-state index contributed by atoms with van der Waals surface area (Å²) in [5.74, 6) is -0.250. The van der Waals surface area contributed by atoms with Crippen molar-refractivity contribution in [1.82, 2.24) is 4.90 Å². The third kappa shape index (κ3) is 4.53. The van der Waals surface area contributed by atoms with Gasteiger partial charge in [-0.1, -0.05) is 0 Å². The molecule has 8 heteroatoms. The Morgan fingerprint density at radius 2 is 2.17 bits per heavy atom. The van der Waals surface area contributed by atoms with Gasteiger partial charge in [0.25, 0.3) is 0 Å². The minimum Gasteiger partial charge on any atom is -0.493 e. The molecule has 0 bridgehead atoms. The van der Waals surface area contributed by atoms with Crippen molar-refractivity contribution in [2.24, 2.45) is 0 Å². The molecule has 2 amide bonds. The van der Waals surface area contributed by atoms with Crippen molar-refractivity contribution >= 4 is 11.7 Å². The Bertz CT molecular complexity index is 578. The number of nitrogens with one attached hydrogen (secondary N) is 1. The molecule has 0 unspecified atom stereocenters. The molecular formula is C16H21F3N2O3. The third-order valence-electron chi connectivity index (χ3n) is 3.83. The van der Waals surface area contributed by atoms with Gasteiger partial charge in [0.1, 0.15) is 5.75 Å². The van der Waals surface area contributed by atoms with Gasteiger partial charge in [-0.05, 0) is 38.0 Å². The number of halogens is 3. The average Bonchev–Trinajstić information content (AvgIpc) is 2.55. The number of ether oxygens (including phenoxy) is 2. The monoisotopic (exact) mass is 346 g/mol. The molecule has 134 valence electrons. The quantitative estimate of drug-likeness (QED) is 0.903. The maximum absolute atomic E-state index is 13.1. The number of hydrogen-bond donors (Lipinski definition) is 1. The number of methoxy groups -OCH3 is 1. The molecule has 0 saturated carbocycles. The summed E-state index contributed by atoms with van der Waals surface area (Å²) in [6, 6.07) is 3.07. The van der Waals surface area contributed by atoms with Crippen molar-refractivity contribution in [2.75, 3.05) is 32.1 Å². The van der Waals surface area contributed by atoms with Crippen LogP contribution in [0.15, 0.2) is 18.2 Å². The van der Waals surface area contributed by atoms with Gasteiger partial charge < -0.3 is 19.7 Å². The second-order valence-corrected chi connectivity index (χ2v) is 5.52. The van der Waals surface area contributed by atoms with E-state index in [0.29, 0.717) is 13.1 Å². The second-order valence-electron chi connectivity index (χ2n) is 5.52. The van der Waals surface area contributed by atoms with Crippen molar-refractivity contribution in [3.63, 3.8) is 0 Å². The van der Waals surface area contributed by atoms with Crippen LogP contribution in [0, 0.1) is 0 Å². The molecule has 1 fully saturated rings. The summed E-state index contributed by atoms with van der Waals surface area (Å²) >= 11 is 0. The summed E-state index contributed by atoms with van der Waals surface area (Å²) in [6.07, 6.45) is -2.95. The van der Waals surface area contributed by atoms with Gasteiger partial charge in [0.15, 0.2) is 0 Å². The van der Waals surface area contributed by atoms with Gasteiger partial charge >= 0.3 is 12.2 Å². The number of carbonyl (C=O) groups is 1. The Morgan fingerprint density at radius 3 is 2.79 bits per heavy atom. The zero-order valence-corrected chi connectivity index (χ0v) is 13.7. The zero-order chi connectivity index (χ0) is 17.7. The van der Waals surface area contributed by atoms with E-state index in [-0.39, 0.29) is 24.1 Å². The summed E-state index contributed by atoms with van der Waals surface area (Å²) in [5, 5.41) is 2.51. The lowest BCUT2D eigenvalue weighted by Gasteiger charge is -2.32. The number of piperidine rings is 1. The van der Waals surface area contributed by atoms with Crippen LogP contribution < -0.4 is 10.1 Å². The number of hydrogen-bond acceptors (Lipinski definition) is 3. The van der Waals surface area contributed by atoms with E-state index in [4.69, 9.17) is 9.47 Å². The van der Waals surface area contributed by atoms with Crippen LogP contribution in [-0.4, -0.2) is 43.8 Å². The van der Waals surface area contributed by atoms with Crippen molar-refractivity contribution in [3.05, 3.63) is 23.8 Å². The van der Waals surface area contributed by atoms with Gasteiger partial charge in [-0.3, -0.25) is 0 Å². The largest absolute Gasteiger partial charge is 0.493 e. The fraction of sp³-hybridized carbons (Fsp3) is 0.562. The van der Waals surface area contributed by atoms with Crippen LogP contribution >= 0.6 is 0 Å². The highest BCUT2D eigenvalue weighted by molar-refractivity contribution is 5.89. The highest BCUT2D eigenvalue weighted by Gasteiger charge is 2.35. The highest BCUT2D eigenvalue weighted by Crippen LogP contribution is 2.38. The second kappa shape index (κ2) is 7.74. The molecular weight excluding hydrogens is 325 g/mol. The summed E-state index contributed by atoms with van der Waals surface area (Å²) in [4.78, 5) is 13.8. The van der Waals surface area contributed by atoms with Gasteiger partial charge in [0.2, 0.25) is 0 Å². The molecule has 0 spiro atoms. The summed E-state index contributed by atoms with van der Waals surface area (Å²) in [7, 11) is 1.58. The van der Waals surface area contributed by atoms with E-state index in [1.54, 1.807) is 18.9 Å². The molecule has 0 aliphatic carbocycles. The van der Waals surface area contributed by atoms with E-state index in [1.807, 2.05) is 0 Å². The number of rotatable bonds is 4. The van der Waals surface area contributed by atoms with Crippen LogP contribution in [0.1, 0.15) is 25.3 Å². The number of benzene rings is 1. The van der Waals surface area contributed by atoms with E-state index < -0.39 is 17.8 Å². The lowest BCUT2D eigenvalue weighted by molar-refractivity contribution is -0.138. The van der Waals surface area contributed by atoms with Gasteiger partial charge in [-0.15, -0.1) is 0 Å². The SMILES string of the molecule is CCOc1ccc(NC(=O)N2CCC[C@@H](OC)C2)cc1C(F)(F)F. The lowest BCUT2D eigenvalue weighted by atomic mass is 10.1. The third-order valence-corrected chi connectivity index (χ3v) is 3.83. The number of amides is 2. The molecule has 1 N–H and O–H groups in total. The van der Waals surface area contributed by atoms with Crippen LogP contribution in [0.5, 0.6) is 5.75 Å². The van der Waals surface area contributed by atoms with Gasteiger partial charge in [0, 0.05) is 25.9 Å². The molecule has 1 aliphatic heterocycles. The Labute approximate surface area is 138 Å². The number of nitrogens with zero attached hydrogens (tertiary/aromatic N) is 1. The molecule has 1 aromatic rings. The summed E-state index contributed by atoms with van der Waals surface area (Å²) < 4.78 is 49.6. The Balaban J connectivity index is 2.13. The fourth-order valence-electron chi connectivity index (χ4n) is 2.63. The van der Waals surface area contributed by atoms with Crippen molar-refractivity contribution < 1.29 is 27.4 Å². The number of urea groups is 1. The van der Waals surface area contributed by atoms with E-state index >= 15 is 0 Å². The number of alkyl halides is 3. The van der Waals surface area contributed by atoms with Crippen LogP contribution in [0.2, 0.25) is 0 Å². The first-order valence-electron chi connectivity index (χ1n) is 7.78. The number of likely N-dealkylation sites (tertiary alicyclic amines) is 1. The van der Waals surface area contributed by atoms with E-state index in [9.17, 15) is 18.0 Å². The zero-order valence-electron chi connectivity index (χ0n) is 13.7. The minimum atomic E-state index is -4.56. The lowest BCUT2D eigenvalue weighted by Crippen LogP contribution is -2.44. The first kappa shape index (κ1) is 18.4. The first-order valence-corrected chi connectivity index (χ1v) is 7.78. The van der Waals surface area contributed by atoms with Crippen molar-refractivity contribution in [1.29, 1.82) is 0 Å². The van der Waals surface area contributed by atoms with Gasteiger partial charge in [-0.25, -0.2) is 4.79 Å². The Morgan fingerprint density at radius 1 is 1.42 bits per heavy atom. The predicted octanol–water partition coefficient (Wildman–Crippen LogP) is 3.75. The van der Waals surface area contributed by atoms with Crippen LogP contribution in [0.25, 0.3) is 0 Å². The molecule has 1 saturated heterocycles. The van der Waals surface area contributed by atoms with Gasteiger partial charge in [0.05, 0.1) is 18.3 Å². The van der Waals surface area contributed by atoms with Crippen molar-refractivity contribution in [2.45, 2.75) is 32.0 Å². The standard InChI is InChI=1S/C16H21F3N2O3/c1-3-24-14-7-6-11(9-13(14)16(17,18)19)20-15(22)21-8-4-5-12(10-21)23-2/h6-7,9,12H,3-5,8,10H2,1-2H3,(H,20,22)/t12-/m1/s1. The smallest absolute Gasteiger partial charge is 0.420 e. The summed E-state index contributed by atoms with van der Waals surface area (Å²) in [5.41, 5.74) is -0.828. The normalized spacial score (nSPS) is 18.4. The molecule has 24 heavy (non-hydrogen) atoms. The van der Waals surface area contributed by atoms with Crippen LogP contribution in [-0.2, 0) is 10.9 Å². The Kier molecular flexibility index (Phi) is 5.93. The fourth-order valence-corrected chi connectivity index (χ4v) is 2.63. The molecule has 5 nitrogen and oxygen atoms in total. The maximum atomic E-state index is 13.1. The molecule has 0 radical (unpaired) electrons. The van der Waals surface area contributed by atoms with Crippen LogP contribution in [0.4, 0.5) is 23.7 Å². The van der Waals surface area contributed by atoms with Gasteiger partial charge in [-0.2, -0.15) is 13.2 Å². The van der Waals surface area contributed by atoms with Crippen molar-refractivity contribution in [3.8, 4) is 5.75 Å². The molecule has 1 atom stereocenters. The predicted molar refractivity (Wildman–Crippen MR) is 83.2 cm³/mol. The van der Waals surface area contributed by atoms with E-state index in [0.717, 1.165) is 18.9 Å². The number of anilines is 1.